The quantitative estimate of drug-likeness (QED) is 0.389. The molecule has 1 aliphatic rings. The number of nitrogens with zero attached hydrogens (tertiary/aromatic N) is 2. The van der Waals surface area contributed by atoms with Crippen LogP contribution in [0, 0.1) is 5.82 Å². The zero-order chi connectivity index (χ0) is 27.8. The Hall–Kier alpha value is -3.97. The second-order valence-electron chi connectivity index (χ2n) is 8.29. The lowest BCUT2D eigenvalue weighted by atomic mass is 10.0. The topological polar surface area (TPSA) is 104 Å². The molecule has 4 rings (SSSR count). The number of amides is 1. The minimum absolute atomic E-state index is 0.00816. The highest BCUT2D eigenvalue weighted by atomic mass is 32.2. The number of esters is 1. The normalized spacial score (nSPS) is 16.4. The number of carbonyl (C=O) groups excluding carboxylic acids is 2. The van der Waals surface area contributed by atoms with E-state index in [1.54, 1.807) is 0 Å². The van der Waals surface area contributed by atoms with Gasteiger partial charge >= 0.3 is 12.1 Å². The fraction of sp³-hybridized carbons (Fsp3) is 0.200. The summed E-state index contributed by atoms with van der Waals surface area (Å²) in [5.41, 5.74) is -2.63. The van der Waals surface area contributed by atoms with Crippen LogP contribution in [0.5, 0.6) is 5.75 Å². The summed E-state index contributed by atoms with van der Waals surface area (Å²) < 4.78 is 88.6. The van der Waals surface area contributed by atoms with Gasteiger partial charge in [-0.3, -0.25) is 9.59 Å². The number of sulfonamides is 1. The van der Waals surface area contributed by atoms with E-state index in [1.807, 2.05) is 0 Å². The summed E-state index contributed by atoms with van der Waals surface area (Å²) in [5, 5.41) is 9.55. The summed E-state index contributed by atoms with van der Waals surface area (Å²) in [7, 11) is -3.49. The van der Waals surface area contributed by atoms with Gasteiger partial charge in [0.05, 0.1) is 29.7 Å². The predicted octanol–water partition coefficient (Wildman–Crippen LogP) is 3.94. The summed E-state index contributed by atoms with van der Waals surface area (Å²) in [5.74, 6) is -4.16. The molecule has 1 aliphatic heterocycles. The number of phenolic OH excluding ortho intramolecular Hbond substituents is 1. The second kappa shape index (κ2) is 10.1. The zero-order valence-electron chi connectivity index (χ0n) is 19.6. The van der Waals surface area contributed by atoms with Crippen molar-refractivity contribution in [2.24, 2.45) is 0 Å². The zero-order valence-corrected chi connectivity index (χ0v) is 20.5. The summed E-state index contributed by atoms with van der Waals surface area (Å²) in [6, 6.07) is 10.6. The molecular formula is C25H20F4N2O6S. The lowest BCUT2D eigenvalue weighted by Crippen LogP contribution is -2.50. The highest BCUT2D eigenvalue weighted by Gasteiger charge is 2.44. The maximum Gasteiger partial charge on any atom is 0.417 e. The molecule has 0 saturated heterocycles. The average molecular weight is 553 g/mol. The van der Waals surface area contributed by atoms with Crippen LogP contribution in [0.2, 0.25) is 0 Å². The molecule has 8 nitrogen and oxygen atoms in total. The van der Waals surface area contributed by atoms with E-state index < -0.39 is 64.2 Å². The van der Waals surface area contributed by atoms with Gasteiger partial charge in [-0.2, -0.15) is 17.5 Å². The standard InChI is InChI=1S/C25H20F4N2O6S/c1-37-24(34)21-14-30(23(33)22-18(25(27,28)29)6-4-7-19(22)26)20-8-3-2-5-15(20)13-31(21)38(35,36)17-11-9-16(32)10-12-17/h2-12,21,32H,13-14H2,1H3. The number of halogens is 4. The van der Waals surface area contributed by atoms with Gasteiger partial charge < -0.3 is 14.7 Å². The van der Waals surface area contributed by atoms with Crippen molar-refractivity contribution in [3.8, 4) is 5.75 Å². The molecule has 3 aromatic carbocycles. The third-order valence-corrected chi connectivity index (χ3v) is 7.88. The monoisotopic (exact) mass is 552 g/mol. The molecule has 200 valence electrons. The van der Waals surface area contributed by atoms with Crippen LogP contribution in [0.25, 0.3) is 0 Å². The first-order valence-corrected chi connectivity index (χ1v) is 12.4. The lowest BCUT2D eigenvalue weighted by Gasteiger charge is -2.29. The first-order valence-electron chi connectivity index (χ1n) is 11.0. The molecule has 0 spiro atoms. The van der Waals surface area contributed by atoms with Gasteiger partial charge in [-0.25, -0.2) is 12.8 Å². The number of alkyl halides is 3. The number of fused-ring (bicyclic) bond motifs is 1. The minimum Gasteiger partial charge on any atom is -0.508 e. The Morgan fingerprint density at radius 2 is 1.66 bits per heavy atom. The van der Waals surface area contributed by atoms with Crippen LogP contribution in [-0.4, -0.2) is 49.4 Å². The van der Waals surface area contributed by atoms with Crippen molar-refractivity contribution in [3.05, 3.63) is 89.2 Å². The first kappa shape index (κ1) is 27.1. The molecule has 1 atom stereocenters. The fourth-order valence-corrected chi connectivity index (χ4v) is 5.74. The Kier molecular flexibility index (Phi) is 7.17. The van der Waals surface area contributed by atoms with Crippen molar-refractivity contribution in [3.63, 3.8) is 0 Å². The van der Waals surface area contributed by atoms with E-state index in [4.69, 9.17) is 4.74 Å². The number of hydrogen-bond donors (Lipinski definition) is 1. The molecule has 13 heteroatoms. The van der Waals surface area contributed by atoms with Gasteiger partial charge in [-0.15, -0.1) is 0 Å². The molecule has 0 fully saturated rings. The van der Waals surface area contributed by atoms with Crippen LogP contribution < -0.4 is 4.90 Å². The number of aromatic hydroxyl groups is 1. The van der Waals surface area contributed by atoms with E-state index in [2.05, 4.69) is 0 Å². The number of hydrogen-bond acceptors (Lipinski definition) is 6. The van der Waals surface area contributed by atoms with E-state index in [9.17, 15) is 40.7 Å². The van der Waals surface area contributed by atoms with Crippen LogP contribution in [0.15, 0.2) is 71.6 Å². The summed E-state index contributed by atoms with van der Waals surface area (Å²) in [4.78, 5) is 26.9. The van der Waals surface area contributed by atoms with Gasteiger partial charge in [0.1, 0.15) is 17.6 Å². The summed E-state index contributed by atoms with van der Waals surface area (Å²) in [6.07, 6.45) is -5.07. The smallest absolute Gasteiger partial charge is 0.417 e. The largest absolute Gasteiger partial charge is 0.508 e. The van der Waals surface area contributed by atoms with E-state index in [0.717, 1.165) is 46.6 Å². The number of carbonyl (C=O) groups is 2. The molecule has 3 aromatic rings. The highest BCUT2D eigenvalue weighted by Crippen LogP contribution is 2.37. The Labute approximate surface area is 214 Å². The van der Waals surface area contributed by atoms with Crippen molar-refractivity contribution in [1.29, 1.82) is 0 Å². The Morgan fingerprint density at radius 3 is 2.29 bits per heavy atom. The van der Waals surface area contributed by atoms with Crippen molar-refractivity contribution in [1.82, 2.24) is 4.31 Å². The number of methoxy groups -OCH3 is 1. The number of para-hydroxylation sites is 1. The van der Waals surface area contributed by atoms with Gasteiger partial charge in [0.25, 0.3) is 5.91 Å². The molecule has 1 amide bonds. The maximum absolute atomic E-state index is 14.7. The molecule has 38 heavy (non-hydrogen) atoms. The van der Waals surface area contributed by atoms with Crippen molar-refractivity contribution in [2.45, 2.75) is 23.7 Å². The van der Waals surface area contributed by atoms with Gasteiger partial charge in [-0.1, -0.05) is 24.3 Å². The SMILES string of the molecule is COC(=O)C1CN(C(=O)c2c(F)cccc2C(F)(F)F)c2ccccc2CN1S(=O)(=O)c1ccc(O)cc1. The Morgan fingerprint density at radius 1 is 1.00 bits per heavy atom. The number of benzene rings is 3. The number of rotatable bonds is 4. The van der Waals surface area contributed by atoms with E-state index in [0.29, 0.717) is 12.1 Å². The molecule has 1 N–H and O–H groups in total. The number of phenols is 1. The van der Waals surface area contributed by atoms with Crippen LogP contribution >= 0.6 is 0 Å². The van der Waals surface area contributed by atoms with Crippen LogP contribution in [0.3, 0.4) is 0 Å². The number of anilines is 1. The lowest BCUT2D eigenvalue weighted by molar-refractivity contribution is -0.145. The van der Waals surface area contributed by atoms with E-state index in [1.165, 1.54) is 24.3 Å². The van der Waals surface area contributed by atoms with Gasteiger partial charge in [0, 0.05) is 12.2 Å². The van der Waals surface area contributed by atoms with Crippen molar-refractivity contribution >= 4 is 27.6 Å². The second-order valence-corrected chi connectivity index (χ2v) is 10.2. The number of ether oxygens (including phenoxy) is 1. The molecule has 1 heterocycles. The van der Waals surface area contributed by atoms with E-state index >= 15 is 0 Å². The molecule has 1 unspecified atom stereocenters. The molecule has 0 bridgehead atoms. The average Bonchev–Trinajstić information content (AvgIpc) is 3.05. The van der Waals surface area contributed by atoms with Crippen molar-refractivity contribution in [2.75, 3.05) is 18.6 Å². The van der Waals surface area contributed by atoms with Gasteiger partial charge in [0.15, 0.2) is 0 Å². The molecular weight excluding hydrogens is 532 g/mol. The molecule has 0 saturated carbocycles. The fourth-order valence-electron chi connectivity index (χ4n) is 4.19. The maximum atomic E-state index is 14.7. The Balaban J connectivity index is 1.90. The minimum atomic E-state index is -5.07. The third-order valence-electron chi connectivity index (χ3n) is 6.01. The molecule has 0 aromatic heterocycles. The first-order chi connectivity index (χ1) is 17.9. The van der Waals surface area contributed by atoms with Crippen LogP contribution in [0.1, 0.15) is 21.5 Å². The van der Waals surface area contributed by atoms with E-state index in [-0.39, 0.29) is 21.9 Å². The summed E-state index contributed by atoms with van der Waals surface area (Å²) >= 11 is 0. The highest BCUT2D eigenvalue weighted by molar-refractivity contribution is 7.89. The summed E-state index contributed by atoms with van der Waals surface area (Å²) in [6.45, 7) is -1.24. The molecule has 0 aliphatic carbocycles. The van der Waals surface area contributed by atoms with Gasteiger partial charge in [0.2, 0.25) is 10.0 Å². The Bertz CT molecular complexity index is 1490. The predicted molar refractivity (Wildman–Crippen MR) is 126 cm³/mol. The third kappa shape index (κ3) is 4.94. The van der Waals surface area contributed by atoms with Crippen LogP contribution in [-0.2, 0) is 32.3 Å². The van der Waals surface area contributed by atoms with Gasteiger partial charge in [-0.05, 0) is 48.0 Å². The molecule has 0 radical (unpaired) electrons. The van der Waals surface area contributed by atoms with Crippen LogP contribution in [0.4, 0.5) is 23.2 Å². The van der Waals surface area contributed by atoms with Crippen molar-refractivity contribution < 1.29 is 45.4 Å².